The van der Waals surface area contributed by atoms with Gasteiger partial charge in [-0.05, 0) is 30.7 Å². The molecule has 1 aromatic carbocycles. The molecule has 0 aromatic heterocycles. The van der Waals surface area contributed by atoms with E-state index in [0.29, 0.717) is 5.75 Å². The fraction of sp³-hybridized carbons (Fsp3) is 0.538. The molecule has 18 heavy (non-hydrogen) atoms. The molecule has 0 spiro atoms. The molecule has 1 aromatic rings. The number of nitrogens with one attached hydrogen (secondary N) is 1. The van der Waals surface area contributed by atoms with Crippen LogP contribution in [-0.2, 0) is 6.54 Å². The molecule has 0 fully saturated rings. The van der Waals surface area contributed by atoms with E-state index >= 15 is 0 Å². The van der Waals surface area contributed by atoms with Gasteiger partial charge in [-0.3, -0.25) is 0 Å². The maximum atomic E-state index is 9.27. The summed E-state index contributed by atoms with van der Waals surface area (Å²) < 4.78 is 0. The van der Waals surface area contributed by atoms with Crippen LogP contribution in [0.5, 0.6) is 0 Å². The second kappa shape index (κ2) is 8.77. The molecule has 0 amide bonds. The highest BCUT2D eigenvalue weighted by molar-refractivity contribution is 7.99. The maximum absolute atomic E-state index is 9.27. The van der Waals surface area contributed by atoms with Gasteiger partial charge in [0, 0.05) is 22.2 Å². The van der Waals surface area contributed by atoms with Crippen molar-refractivity contribution in [2.24, 2.45) is 0 Å². The van der Waals surface area contributed by atoms with Crippen LogP contribution in [-0.4, -0.2) is 35.2 Å². The molecule has 0 saturated carbocycles. The zero-order valence-corrected chi connectivity index (χ0v) is 12.1. The van der Waals surface area contributed by atoms with E-state index in [4.69, 9.17) is 16.7 Å². The Morgan fingerprint density at radius 2 is 2.22 bits per heavy atom. The lowest BCUT2D eigenvalue weighted by molar-refractivity contribution is 0.113. The van der Waals surface area contributed by atoms with Crippen LogP contribution in [0, 0.1) is 0 Å². The van der Waals surface area contributed by atoms with E-state index in [1.54, 1.807) is 0 Å². The molecule has 0 aliphatic heterocycles. The lowest BCUT2D eigenvalue weighted by Gasteiger charge is -2.09. The molecule has 5 heteroatoms. The summed E-state index contributed by atoms with van der Waals surface area (Å²) in [4.78, 5) is 1.01. The Hall–Kier alpha value is -0.260. The Morgan fingerprint density at radius 3 is 2.83 bits per heavy atom. The smallest absolute Gasteiger partial charge is 0.0864 e. The molecule has 0 bridgehead atoms. The molecule has 0 heterocycles. The molecule has 1 rings (SSSR count). The van der Waals surface area contributed by atoms with E-state index in [-0.39, 0.29) is 6.61 Å². The van der Waals surface area contributed by atoms with Gasteiger partial charge in [0.1, 0.15) is 0 Å². The Labute approximate surface area is 118 Å². The molecule has 0 saturated heterocycles. The summed E-state index contributed by atoms with van der Waals surface area (Å²) in [6, 6.07) is 5.89. The fourth-order valence-corrected chi connectivity index (χ4v) is 2.57. The molecule has 3 nitrogen and oxygen atoms in total. The quantitative estimate of drug-likeness (QED) is 0.508. The number of aliphatic hydroxyl groups excluding tert-OH is 2. The van der Waals surface area contributed by atoms with Crippen LogP contribution in [0.2, 0.25) is 5.02 Å². The number of halogens is 1. The lowest BCUT2D eigenvalue weighted by atomic mass is 10.2. The van der Waals surface area contributed by atoms with E-state index < -0.39 is 6.10 Å². The van der Waals surface area contributed by atoms with Crippen molar-refractivity contribution in [3.05, 3.63) is 28.8 Å². The zero-order chi connectivity index (χ0) is 13.4. The molecule has 0 aliphatic carbocycles. The van der Waals surface area contributed by atoms with E-state index in [2.05, 4.69) is 12.2 Å². The highest BCUT2D eigenvalue weighted by Crippen LogP contribution is 2.25. The van der Waals surface area contributed by atoms with Gasteiger partial charge in [-0.25, -0.2) is 0 Å². The number of rotatable bonds is 8. The first-order valence-electron chi connectivity index (χ1n) is 6.08. The summed E-state index contributed by atoms with van der Waals surface area (Å²) in [6.45, 7) is 3.67. The van der Waals surface area contributed by atoms with Crippen molar-refractivity contribution in [3.8, 4) is 0 Å². The second-order valence-electron chi connectivity index (χ2n) is 4.08. The fourth-order valence-electron chi connectivity index (χ4n) is 1.41. The van der Waals surface area contributed by atoms with Crippen LogP contribution in [0.3, 0.4) is 0 Å². The third-order valence-electron chi connectivity index (χ3n) is 2.42. The highest BCUT2D eigenvalue weighted by atomic mass is 35.5. The van der Waals surface area contributed by atoms with Crippen molar-refractivity contribution in [1.82, 2.24) is 5.32 Å². The largest absolute Gasteiger partial charge is 0.394 e. The first kappa shape index (κ1) is 15.8. The van der Waals surface area contributed by atoms with Crippen LogP contribution in [0.4, 0.5) is 0 Å². The van der Waals surface area contributed by atoms with E-state index in [1.165, 1.54) is 11.8 Å². The van der Waals surface area contributed by atoms with Gasteiger partial charge in [0.15, 0.2) is 0 Å². The summed E-state index contributed by atoms with van der Waals surface area (Å²) in [5.74, 6) is 0.472. The third-order valence-corrected chi connectivity index (χ3v) is 3.91. The molecule has 0 aliphatic rings. The molecule has 1 atom stereocenters. The Morgan fingerprint density at radius 1 is 1.44 bits per heavy atom. The minimum atomic E-state index is -0.681. The van der Waals surface area contributed by atoms with E-state index in [0.717, 1.165) is 35.0 Å². The summed E-state index contributed by atoms with van der Waals surface area (Å²) in [6.07, 6.45) is 0.421. The standard InChI is InChI=1S/C13H20ClNO2S/c1-2-5-15-7-10-3-4-12(6-13(10)14)18-9-11(17)8-16/h3-4,6,11,15-17H,2,5,7-9H2,1H3. The minimum absolute atomic E-state index is 0.209. The van der Waals surface area contributed by atoms with Crippen LogP contribution >= 0.6 is 23.4 Å². The normalized spacial score (nSPS) is 12.7. The Kier molecular flexibility index (Phi) is 7.70. The SMILES string of the molecule is CCCNCc1ccc(SCC(O)CO)cc1Cl. The first-order chi connectivity index (χ1) is 8.67. The summed E-state index contributed by atoms with van der Waals surface area (Å²) >= 11 is 7.68. The van der Waals surface area contributed by atoms with Crippen LogP contribution in [0.15, 0.2) is 23.1 Å². The summed E-state index contributed by atoms with van der Waals surface area (Å²) in [7, 11) is 0. The topological polar surface area (TPSA) is 52.5 Å². The number of hydrogen-bond acceptors (Lipinski definition) is 4. The minimum Gasteiger partial charge on any atom is -0.394 e. The van der Waals surface area contributed by atoms with Gasteiger partial charge in [0.25, 0.3) is 0 Å². The van der Waals surface area contributed by atoms with Gasteiger partial charge in [-0.2, -0.15) is 0 Å². The van der Waals surface area contributed by atoms with Crippen LogP contribution < -0.4 is 5.32 Å². The van der Waals surface area contributed by atoms with Crippen LogP contribution in [0.1, 0.15) is 18.9 Å². The third kappa shape index (κ3) is 5.59. The average molecular weight is 290 g/mol. The molecular weight excluding hydrogens is 270 g/mol. The lowest BCUT2D eigenvalue weighted by Crippen LogP contribution is -2.15. The average Bonchev–Trinajstić information content (AvgIpc) is 2.38. The van der Waals surface area contributed by atoms with Crippen molar-refractivity contribution in [3.63, 3.8) is 0 Å². The summed E-state index contributed by atoms with van der Waals surface area (Å²) in [5.41, 5.74) is 1.08. The Balaban J connectivity index is 2.50. The van der Waals surface area contributed by atoms with Gasteiger partial charge in [0.05, 0.1) is 12.7 Å². The number of benzene rings is 1. The van der Waals surface area contributed by atoms with E-state index in [1.807, 2.05) is 18.2 Å². The van der Waals surface area contributed by atoms with Crippen molar-refractivity contribution in [1.29, 1.82) is 0 Å². The van der Waals surface area contributed by atoms with Crippen molar-refractivity contribution >= 4 is 23.4 Å². The molecular formula is C13H20ClNO2S. The number of aliphatic hydroxyl groups is 2. The molecule has 0 radical (unpaired) electrons. The van der Waals surface area contributed by atoms with Gasteiger partial charge >= 0.3 is 0 Å². The van der Waals surface area contributed by atoms with Crippen LogP contribution in [0.25, 0.3) is 0 Å². The van der Waals surface area contributed by atoms with Gasteiger partial charge in [-0.15, -0.1) is 11.8 Å². The van der Waals surface area contributed by atoms with Crippen molar-refractivity contribution in [2.45, 2.75) is 30.9 Å². The summed E-state index contributed by atoms with van der Waals surface area (Å²) in [5, 5.41) is 22.1. The second-order valence-corrected chi connectivity index (χ2v) is 5.58. The molecule has 102 valence electrons. The monoisotopic (exact) mass is 289 g/mol. The molecule has 3 N–H and O–H groups in total. The Bertz CT molecular complexity index is 363. The zero-order valence-electron chi connectivity index (χ0n) is 10.5. The first-order valence-corrected chi connectivity index (χ1v) is 7.44. The molecule has 1 unspecified atom stereocenters. The van der Waals surface area contributed by atoms with Gasteiger partial charge < -0.3 is 15.5 Å². The predicted octanol–water partition coefficient (Wildman–Crippen LogP) is 2.28. The van der Waals surface area contributed by atoms with E-state index in [9.17, 15) is 5.11 Å². The maximum Gasteiger partial charge on any atom is 0.0864 e. The van der Waals surface area contributed by atoms with Crippen molar-refractivity contribution in [2.75, 3.05) is 18.9 Å². The number of thioether (sulfide) groups is 1. The van der Waals surface area contributed by atoms with Gasteiger partial charge in [-0.1, -0.05) is 24.6 Å². The van der Waals surface area contributed by atoms with Crippen molar-refractivity contribution < 1.29 is 10.2 Å². The highest BCUT2D eigenvalue weighted by Gasteiger charge is 2.05. The number of hydrogen-bond donors (Lipinski definition) is 3. The van der Waals surface area contributed by atoms with Gasteiger partial charge in [0.2, 0.25) is 0 Å². The predicted molar refractivity (Wildman–Crippen MR) is 77.3 cm³/mol.